The molecule has 1 atom stereocenters. The van der Waals surface area contributed by atoms with Crippen LogP contribution in [0.2, 0.25) is 0 Å². The van der Waals surface area contributed by atoms with E-state index >= 15 is 0 Å². The number of Topliss-reactive ketones (excluding diaryl/α,β-unsaturated/α-hetero) is 1. The second kappa shape index (κ2) is 12.3. The number of aliphatic hydroxyl groups is 1. The fraction of sp³-hybridized carbons (Fsp3) is 0.200. The summed E-state index contributed by atoms with van der Waals surface area (Å²) in [6, 6.07) is 25.9. The van der Waals surface area contributed by atoms with Gasteiger partial charge in [-0.1, -0.05) is 36.4 Å². The largest absolute Gasteiger partial charge is 0.507 e. The van der Waals surface area contributed by atoms with Crippen molar-refractivity contribution in [3.8, 4) is 17.2 Å². The molecular formula is C35H34N2O6. The maximum atomic E-state index is 13.6. The van der Waals surface area contributed by atoms with Crippen molar-refractivity contribution in [1.82, 2.24) is 0 Å². The Morgan fingerprint density at radius 1 is 0.884 bits per heavy atom. The molecule has 1 heterocycles. The first-order chi connectivity index (χ1) is 20.7. The lowest BCUT2D eigenvalue weighted by molar-refractivity contribution is -0.132. The number of ether oxygens (including phenoxy) is 2. The monoisotopic (exact) mass is 578 g/mol. The second-order valence-electron chi connectivity index (χ2n) is 10.5. The van der Waals surface area contributed by atoms with Crippen LogP contribution in [0.3, 0.4) is 0 Å². The molecule has 0 aliphatic carbocycles. The summed E-state index contributed by atoms with van der Waals surface area (Å²) in [5.74, 6) is -1.11. The van der Waals surface area contributed by atoms with Gasteiger partial charge < -0.3 is 24.6 Å². The Bertz CT molecular complexity index is 1680. The van der Waals surface area contributed by atoms with Crippen LogP contribution in [0.4, 0.5) is 11.4 Å². The molecular weight excluding hydrogens is 544 g/mol. The predicted molar refractivity (Wildman–Crippen MR) is 167 cm³/mol. The number of aryl methyl sites for hydroxylation is 1. The number of carbonyl (C=O) groups is 2. The van der Waals surface area contributed by atoms with E-state index in [4.69, 9.17) is 9.47 Å². The average Bonchev–Trinajstić information content (AvgIpc) is 3.27. The van der Waals surface area contributed by atoms with E-state index in [1.165, 1.54) is 11.0 Å². The van der Waals surface area contributed by atoms with Gasteiger partial charge in [-0.25, -0.2) is 0 Å². The zero-order valence-corrected chi connectivity index (χ0v) is 24.6. The molecule has 2 N–H and O–H groups in total. The van der Waals surface area contributed by atoms with E-state index in [2.05, 4.69) is 0 Å². The first-order valence-electron chi connectivity index (χ1n) is 14.0. The lowest BCUT2D eigenvalue weighted by Gasteiger charge is -2.26. The van der Waals surface area contributed by atoms with Gasteiger partial charge in [0.2, 0.25) is 0 Å². The van der Waals surface area contributed by atoms with Crippen molar-refractivity contribution in [2.45, 2.75) is 26.5 Å². The number of phenols is 1. The molecule has 4 aromatic rings. The number of benzene rings is 4. The van der Waals surface area contributed by atoms with E-state index in [0.29, 0.717) is 35.8 Å². The fourth-order valence-corrected chi connectivity index (χ4v) is 5.15. The molecule has 0 aromatic heterocycles. The Morgan fingerprint density at radius 2 is 1.60 bits per heavy atom. The molecule has 1 saturated heterocycles. The summed E-state index contributed by atoms with van der Waals surface area (Å²) in [6.45, 7) is 4.34. The molecule has 1 aliphatic rings. The van der Waals surface area contributed by atoms with Crippen molar-refractivity contribution in [2.75, 3.05) is 30.5 Å². The molecule has 1 fully saturated rings. The number of aromatic hydroxyl groups is 1. The lowest BCUT2D eigenvalue weighted by atomic mass is 9.94. The minimum atomic E-state index is -0.973. The topological polar surface area (TPSA) is 99.5 Å². The van der Waals surface area contributed by atoms with Crippen molar-refractivity contribution in [3.63, 3.8) is 0 Å². The van der Waals surface area contributed by atoms with Crippen molar-refractivity contribution < 1.29 is 29.3 Å². The number of anilines is 2. The molecule has 8 nitrogen and oxygen atoms in total. The third-order valence-electron chi connectivity index (χ3n) is 7.37. The minimum Gasteiger partial charge on any atom is -0.507 e. The quantitative estimate of drug-likeness (QED) is 0.135. The maximum absolute atomic E-state index is 13.6. The Hall–Kier alpha value is -5.24. The number of hydrogen-bond acceptors (Lipinski definition) is 7. The number of carbonyl (C=O) groups excluding carboxylic acids is 2. The zero-order valence-electron chi connectivity index (χ0n) is 24.6. The smallest absolute Gasteiger partial charge is 0.300 e. The van der Waals surface area contributed by atoms with E-state index in [0.717, 1.165) is 16.8 Å². The summed E-state index contributed by atoms with van der Waals surface area (Å²) >= 11 is 0. The van der Waals surface area contributed by atoms with Crippen LogP contribution in [0, 0.1) is 6.92 Å². The Morgan fingerprint density at radius 3 is 2.26 bits per heavy atom. The summed E-state index contributed by atoms with van der Waals surface area (Å²) < 4.78 is 11.6. The van der Waals surface area contributed by atoms with Gasteiger partial charge in [0.25, 0.3) is 11.7 Å². The first kappa shape index (κ1) is 29.3. The summed E-state index contributed by atoms with van der Waals surface area (Å²) in [5, 5.41) is 22.0. The highest BCUT2D eigenvalue weighted by atomic mass is 16.5. The number of hydrogen-bond donors (Lipinski definition) is 2. The molecule has 0 saturated carbocycles. The van der Waals surface area contributed by atoms with E-state index in [1.807, 2.05) is 68.4 Å². The highest BCUT2D eigenvalue weighted by molar-refractivity contribution is 6.51. The zero-order chi connectivity index (χ0) is 30.7. The van der Waals surface area contributed by atoms with E-state index in [9.17, 15) is 19.8 Å². The molecule has 220 valence electrons. The van der Waals surface area contributed by atoms with Crippen LogP contribution in [-0.4, -0.2) is 42.6 Å². The minimum absolute atomic E-state index is 0.0628. The van der Waals surface area contributed by atoms with Gasteiger partial charge >= 0.3 is 0 Å². The van der Waals surface area contributed by atoms with E-state index in [1.54, 1.807) is 49.4 Å². The van der Waals surface area contributed by atoms with Crippen LogP contribution in [-0.2, 0) is 16.2 Å². The Kier molecular flexibility index (Phi) is 8.39. The number of nitrogens with zero attached hydrogens (tertiary/aromatic N) is 2. The van der Waals surface area contributed by atoms with Crippen LogP contribution in [0.1, 0.15) is 35.2 Å². The summed E-state index contributed by atoms with van der Waals surface area (Å²) in [5.41, 5.74) is 4.00. The Labute approximate surface area is 251 Å². The molecule has 0 bridgehead atoms. The SMILES string of the molecule is CCOc1cc(C2/C(=C(/O)c3ccc(OCc4ccccc4)c(C)c3)C(=O)C(=O)N2c2ccc(N(C)C)cc2)ccc1O. The van der Waals surface area contributed by atoms with Gasteiger partial charge in [-0.2, -0.15) is 0 Å². The summed E-state index contributed by atoms with van der Waals surface area (Å²) in [6.07, 6.45) is 0. The predicted octanol–water partition coefficient (Wildman–Crippen LogP) is 6.37. The van der Waals surface area contributed by atoms with E-state index in [-0.39, 0.29) is 22.8 Å². The van der Waals surface area contributed by atoms with Crippen molar-refractivity contribution in [3.05, 3.63) is 119 Å². The molecule has 5 rings (SSSR count). The summed E-state index contributed by atoms with van der Waals surface area (Å²) in [4.78, 5) is 30.5. The standard InChI is InChI=1S/C35H34N2O6/c1-5-42-30-20-24(11-17-28(30)38)32-31(34(40)35(41)37(32)27-15-13-26(14-16-27)36(3)4)33(39)25-12-18-29(22(2)19-25)43-21-23-9-7-6-8-10-23/h6-20,32,38-39H,5,21H2,1-4H3/b33-31-. The van der Waals surface area contributed by atoms with Crippen LogP contribution < -0.4 is 19.3 Å². The molecule has 43 heavy (non-hydrogen) atoms. The molecule has 4 aromatic carbocycles. The van der Waals surface area contributed by atoms with Gasteiger partial charge in [0.1, 0.15) is 18.1 Å². The van der Waals surface area contributed by atoms with Crippen LogP contribution in [0.5, 0.6) is 17.2 Å². The highest BCUT2D eigenvalue weighted by Crippen LogP contribution is 2.44. The van der Waals surface area contributed by atoms with E-state index < -0.39 is 17.7 Å². The first-order valence-corrected chi connectivity index (χ1v) is 14.0. The van der Waals surface area contributed by atoms with Crippen molar-refractivity contribution in [2.24, 2.45) is 0 Å². The number of rotatable bonds is 9. The van der Waals surface area contributed by atoms with Gasteiger partial charge in [-0.05, 0) is 85.1 Å². The van der Waals surface area contributed by atoms with Gasteiger partial charge in [0, 0.05) is 31.0 Å². The Balaban J connectivity index is 1.59. The van der Waals surface area contributed by atoms with Crippen molar-refractivity contribution >= 4 is 28.8 Å². The maximum Gasteiger partial charge on any atom is 0.300 e. The fourth-order valence-electron chi connectivity index (χ4n) is 5.15. The molecule has 1 aliphatic heterocycles. The van der Waals surface area contributed by atoms with Gasteiger partial charge in [-0.15, -0.1) is 0 Å². The second-order valence-corrected chi connectivity index (χ2v) is 10.5. The van der Waals surface area contributed by atoms with Gasteiger partial charge in [-0.3, -0.25) is 14.5 Å². The number of aliphatic hydroxyl groups excluding tert-OH is 1. The highest BCUT2D eigenvalue weighted by Gasteiger charge is 2.47. The lowest BCUT2D eigenvalue weighted by Crippen LogP contribution is -2.29. The molecule has 8 heteroatoms. The van der Waals surface area contributed by atoms with Crippen LogP contribution in [0.25, 0.3) is 5.76 Å². The molecule has 1 unspecified atom stereocenters. The molecule has 0 spiro atoms. The number of ketones is 1. The van der Waals surface area contributed by atoms with Crippen LogP contribution in [0.15, 0.2) is 96.6 Å². The third kappa shape index (κ3) is 5.90. The van der Waals surface area contributed by atoms with Crippen molar-refractivity contribution in [1.29, 1.82) is 0 Å². The average molecular weight is 579 g/mol. The third-order valence-corrected chi connectivity index (χ3v) is 7.37. The normalized spacial score (nSPS) is 15.9. The van der Waals surface area contributed by atoms with Crippen LogP contribution >= 0.6 is 0 Å². The number of amides is 1. The summed E-state index contributed by atoms with van der Waals surface area (Å²) in [7, 11) is 3.82. The molecule has 0 radical (unpaired) electrons. The van der Waals surface area contributed by atoms with Gasteiger partial charge in [0.05, 0.1) is 18.2 Å². The molecule has 1 amide bonds. The number of phenolic OH excluding ortho intramolecular Hbond substituents is 1. The van der Waals surface area contributed by atoms with Gasteiger partial charge in [0.15, 0.2) is 11.5 Å².